The Morgan fingerprint density at radius 3 is 2.86 bits per heavy atom. The summed E-state index contributed by atoms with van der Waals surface area (Å²) in [4.78, 5) is 11.7. The standard InChI is InChI=1S/C13H19N7OS/c1-8-5-9(2)20(18-8)12-16-17-13(19(12)14)22-7-11(21)15-6-10-3-4-10/h5,10H,3-4,6-7,14H2,1-2H3,(H,15,21). The maximum absolute atomic E-state index is 11.7. The van der Waals surface area contributed by atoms with Gasteiger partial charge in [0, 0.05) is 12.2 Å². The molecule has 3 rings (SSSR count). The third-order valence-electron chi connectivity index (χ3n) is 3.46. The molecular weight excluding hydrogens is 302 g/mol. The molecule has 0 aromatic carbocycles. The first kappa shape index (κ1) is 14.9. The number of rotatable bonds is 6. The van der Waals surface area contributed by atoms with Gasteiger partial charge in [0.05, 0.1) is 11.4 Å². The van der Waals surface area contributed by atoms with Crippen molar-refractivity contribution in [3.8, 4) is 5.95 Å². The zero-order valence-corrected chi connectivity index (χ0v) is 13.4. The lowest BCUT2D eigenvalue weighted by atomic mass is 10.4. The average molecular weight is 321 g/mol. The molecule has 0 radical (unpaired) electrons. The molecule has 1 aliphatic rings. The largest absolute Gasteiger partial charge is 0.355 e. The molecule has 0 bridgehead atoms. The highest BCUT2D eigenvalue weighted by Crippen LogP contribution is 2.27. The van der Waals surface area contributed by atoms with E-state index in [9.17, 15) is 4.79 Å². The van der Waals surface area contributed by atoms with Crippen molar-refractivity contribution >= 4 is 17.7 Å². The summed E-state index contributed by atoms with van der Waals surface area (Å²) in [6.45, 7) is 4.60. The molecule has 2 heterocycles. The number of nitrogens with two attached hydrogens (primary N) is 1. The van der Waals surface area contributed by atoms with Crippen LogP contribution in [0.15, 0.2) is 11.2 Å². The van der Waals surface area contributed by atoms with Crippen LogP contribution < -0.4 is 11.2 Å². The Balaban J connectivity index is 1.63. The quantitative estimate of drug-likeness (QED) is 0.590. The molecule has 0 spiro atoms. The van der Waals surface area contributed by atoms with Crippen molar-refractivity contribution in [1.29, 1.82) is 0 Å². The fraction of sp³-hybridized carbons (Fsp3) is 0.538. The highest BCUT2D eigenvalue weighted by molar-refractivity contribution is 7.99. The van der Waals surface area contributed by atoms with Crippen molar-refractivity contribution in [1.82, 2.24) is 30.0 Å². The molecule has 0 unspecified atom stereocenters. The molecular formula is C13H19N7OS. The summed E-state index contributed by atoms with van der Waals surface area (Å²) in [5.74, 6) is 7.39. The normalized spacial score (nSPS) is 14.3. The lowest BCUT2D eigenvalue weighted by Gasteiger charge is -2.05. The first-order valence-corrected chi connectivity index (χ1v) is 8.17. The lowest BCUT2D eigenvalue weighted by Crippen LogP contribution is -2.27. The van der Waals surface area contributed by atoms with Gasteiger partial charge in [-0.2, -0.15) is 5.10 Å². The van der Waals surface area contributed by atoms with Gasteiger partial charge < -0.3 is 11.2 Å². The Bertz CT molecular complexity index is 689. The number of nitrogens with one attached hydrogen (secondary N) is 1. The van der Waals surface area contributed by atoms with Crippen LogP contribution in [0.5, 0.6) is 0 Å². The number of carbonyl (C=O) groups excluding carboxylic acids is 1. The van der Waals surface area contributed by atoms with Crippen molar-refractivity contribution in [2.24, 2.45) is 5.92 Å². The van der Waals surface area contributed by atoms with E-state index >= 15 is 0 Å². The molecule has 2 aromatic heterocycles. The van der Waals surface area contributed by atoms with Gasteiger partial charge in [0.1, 0.15) is 0 Å². The molecule has 1 saturated carbocycles. The van der Waals surface area contributed by atoms with E-state index in [2.05, 4.69) is 20.6 Å². The van der Waals surface area contributed by atoms with E-state index in [1.165, 1.54) is 29.3 Å². The minimum absolute atomic E-state index is 0.00689. The van der Waals surface area contributed by atoms with E-state index < -0.39 is 0 Å². The van der Waals surface area contributed by atoms with E-state index in [1.54, 1.807) is 4.68 Å². The second kappa shape index (κ2) is 5.99. The summed E-state index contributed by atoms with van der Waals surface area (Å²) < 4.78 is 3.00. The summed E-state index contributed by atoms with van der Waals surface area (Å²) in [6.07, 6.45) is 2.44. The van der Waals surface area contributed by atoms with E-state index in [1.807, 2.05) is 19.9 Å². The van der Waals surface area contributed by atoms with Crippen LogP contribution in [0.1, 0.15) is 24.2 Å². The van der Waals surface area contributed by atoms with Crippen LogP contribution in [-0.2, 0) is 4.79 Å². The first-order chi connectivity index (χ1) is 10.5. The second-order valence-corrected chi connectivity index (χ2v) is 6.47. The molecule has 0 saturated heterocycles. The topological polar surface area (TPSA) is 104 Å². The van der Waals surface area contributed by atoms with Crippen molar-refractivity contribution < 1.29 is 4.79 Å². The van der Waals surface area contributed by atoms with Gasteiger partial charge >= 0.3 is 0 Å². The van der Waals surface area contributed by atoms with E-state index in [0.29, 0.717) is 17.0 Å². The molecule has 8 nitrogen and oxygen atoms in total. The number of nitrogens with zero attached hydrogens (tertiary/aromatic N) is 5. The number of hydrogen-bond donors (Lipinski definition) is 2. The fourth-order valence-electron chi connectivity index (χ4n) is 2.10. The van der Waals surface area contributed by atoms with Crippen LogP contribution >= 0.6 is 11.8 Å². The van der Waals surface area contributed by atoms with Gasteiger partial charge in [-0.05, 0) is 38.7 Å². The summed E-state index contributed by atoms with van der Waals surface area (Å²) in [7, 11) is 0. The molecule has 1 aliphatic carbocycles. The monoisotopic (exact) mass is 321 g/mol. The number of nitrogen functional groups attached to an aromatic ring is 1. The Labute approximate surface area is 132 Å². The van der Waals surface area contributed by atoms with Gasteiger partial charge in [-0.3, -0.25) is 4.79 Å². The van der Waals surface area contributed by atoms with Gasteiger partial charge in [-0.15, -0.1) is 10.2 Å². The van der Waals surface area contributed by atoms with Crippen molar-refractivity contribution in [2.75, 3.05) is 18.1 Å². The smallest absolute Gasteiger partial charge is 0.271 e. The Morgan fingerprint density at radius 2 is 2.23 bits per heavy atom. The summed E-state index contributed by atoms with van der Waals surface area (Å²) in [5.41, 5.74) is 1.81. The third kappa shape index (κ3) is 3.24. The van der Waals surface area contributed by atoms with Gasteiger partial charge in [0.2, 0.25) is 11.1 Å². The van der Waals surface area contributed by atoms with Crippen LogP contribution in [0, 0.1) is 19.8 Å². The summed E-state index contributed by atoms with van der Waals surface area (Å²) in [6, 6.07) is 1.94. The maximum atomic E-state index is 11.7. The number of aromatic nitrogens is 5. The zero-order chi connectivity index (χ0) is 15.7. The van der Waals surface area contributed by atoms with E-state index in [0.717, 1.165) is 17.9 Å². The van der Waals surface area contributed by atoms with E-state index in [4.69, 9.17) is 5.84 Å². The number of aryl methyl sites for hydroxylation is 2. The van der Waals surface area contributed by atoms with Crippen molar-refractivity contribution in [3.63, 3.8) is 0 Å². The molecule has 2 aromatic rings. The molecule has 0 atom stereocenters. The van der Waals surface area contributed by atoms with Gasteiger partial charge in [-0.1, -0.05) is 11.8 Å². The Morgan fingerprint density at radius 1 is 1.45 bits per heavy atom. The van der Waals surface area contributed by atoms with Gasteiger partial charge in [-0.25, -0.2) is 9.36 Å². The minimum Gasteiger partial charge on any atom is -0.355 e. The van der Waals surface area contributed by atoms with Crippen LogP contribution in [0.4, 0.5) is 0 Å². The molecule has 22 heavy (non-hydrogen) atoms. The van der Waals surface area contributed by atoms with Gasteiger partial charge in [0.25, 0.3) is 5.95 Å². The number of amides is 1. The van der Waals surface area contributed by atoms with E-state index in [-0.39, 0.29) is 11.7 Å². The summed E-state index contributed by atoms with van der Waals surface area (Å²) in [5, 5.41) is 15.8. The van der Waals surface area contributed by atoms with Crippen LogP contribution in [-0.4, -0.2) is 42.9 Å². The molecule has 3 N–H and O–H groups in total. The Kier molecular flexibility index (Phi) is 4.06. The number of hydrogen-bond acceptors (Lipinski definition) is 6. The molecule has 1 fully saturated rings. The highest BCUT2D eigenvalue weighted by atomic mass is 32.2. The average Bonchev–Trinajstić information content (AvgIpc) is 3.16. The zero-order valence-electron chi connectivity index (χ0n) is 12.6. The van der Waals surface area contributed by atoms with Crippen LogP contribution in [0.2, 0.25) is 0 Å². The predicted octanol–water partition coefficient (Wildman–Crippen LogP) is 0.413. The van der Waals surface area contributed by atoms with Crippen molar-refractivity contribution in [3.05, 3.63) is 17.5 Å². The molecule has 0 aliphatic heterocycles. The summed E-state index contributed by atoms with van der Waals surface area (Å²) >= 11 is 1.27. The molecule has 118 valence electrons. The molecule has 9 heteroatoms. The van der Waals surface area contributed by atoms with Crippen LogP contribution in [0.3, 0.4) is 0 Å². The van der Waals surface area contributed by atoms with Gasteiger partial charge in [0.15, 0.2) is 0 Å². The highest BCUT2D eigenvalue weighted by Gasteiger charge is 2.22. The number of thioether (sulfide) groups is 1. The minimum atomic E-state index is -0.00689. The van der Waals surface area contributed by atoms with Crippen molar-refractivity contribution in [2.45, 2.75) is 31.8 Å². The second-order valence-electron chi connectivity index (χ2n) is 5.53. The predicted molar refractivity (Wildman–Crippen MR) is 83.2 cm³/mol. The SMILES string of the molecule is Cc1cc(C)n(-c2nnc(SCC(=O)NCC3CC3)n2N)n1. The fourth-order valence-corrected chi connectivity index (χ4v) is 2.79. The Hall–Kier alpha value is -2.03. The lowest BCUT2D eigenvalue weighted by molar-refractivity contribution is -0.118. The maximum Gasteiger partial charge on any atom is 0.271 e. The number of carbonyl (C=O) groups is 1. The van der Waals surface area contributed by atoms with Crippen LogP contribution in [0.25, 0.3) is 5.95 Å². The molecule has 1 amide bonds. The third-order valence-corrected chi connectivity index (χ3v) is 4.41. The first-order valence-electron chi connectivity index (χ1n) is 7.18.